The van der Waals surface area contributed by atoms with Gasteiger partial charge in [-0.3, -0.25) is 19.2 Å². The maximum atomic E-state index is 9.77. The number of rotatable bonds is 4. The smallest absolute Gasteiger partial charge is 0.317 e. The van der Waals surface area contributed by atoms with E-state index >= 15 is 0 Å². The van der Waals surface area contributed by atoms with Crippen LogP contribution >= 0.6 is 0 Å². The minimum absolute atomic E-state index is 0.111. The lowest BCUT2D eigenvalue weighted by Gasteiger charge is -2.04. The van der Waals surface area contributed by atoms with Gasteiger partial charge in [-0.15, -0.1) is 0 Å². The molecule has 3 aromatic heterocycles. The van der Waals surface area contributed by atoms with Crippen molar-refractivity contribution < 1.29 is 9.90 Å². The fraction of sp³-hybridized carbons (Fsp3) is 0.278. The molecule has 3 rings (SSSR count). The van der Waals surface area contributed by atoms with Gasteiger partial charge in [-0.1, -0.05) is 13.0 Å². The Labute approximate surface area is 141 Å². The van der Waals surface area contributed by atoms with Crippen LogP contribution in [0, 0.1) is 0 Å². The Morgan fingerprint density at radius 1 is 1.21 bits per heavy atom. The van der Waals surface area contributed by atoms with Crippen LogP contribution < -0.4 is 0 Å². The highest BCUT2D eigenvalue weighted by atomic mass is 16.4. The van der Waals surface area contributed by atoms with Gasteiger partial charge in [-0.05, 0) is 44.3 Å². The maximum absolute atomic E-state index is 9.77. The first kappa shape index (κ1) is 17.6. The van der Waals surface area contributed by atoms with Crippen molar-refractivity contribution in [1.82, 2.24) is 19.4 Å². The second-order valence-electron chi connectivity index (χ2n) is 5.63. The zero-order valence-electron chi connectivity index (χ0n) is 14.2. The van der Waals surface area contributed by atoms with Gasteiger partial charge < -0.3 is 5.11 Å². The lowest BCUT2D eigenvalue weighted by Crippen LogP contribution is -2.20. The number of hydrogen-bond acceptors (Lipinski definition) is 4. The summed E-state index contributed by atoms with van der Waals surface area (Å²) in [6.07, 6.45) is 8.64. The Morgan fingerprint density at radius 2 is 2.00 bits per heavy atom. The minimum atomic E-state index is -0.787. The van der Waals surface area contributed by atoms with Crippen LogP contribution in [0.5, 0.6) is 0 Å². The Morgan fingerprint density at radius 3 is 2.54 bits per heavy atom. The van der Waals surface area contributed by atoms with Crippen molar-refractivity contribution in [3.63, 3.8) is 0 Å². The lowest BCUT2D eigenvalue weighted by molar-refractivity contribution is -0.137. The van der Waals surface area contributed by atoms with Gasteiger partial charge in [0.15, 0.2) is 0 Å². The van der Waals surface area contributed by atoms with Gasteiger partial charge in [0.1, 0.15) is 5.82 Å². The summed E-state index contributed by atoms with van der Waals surface area (Å²) in [5, 5.41) is 9.22. The molecule has 0 aromatic carbocycles. The normalized spacial score (nSPS) is 10.5. The third-order valence-corrected chi connectivity index (χ3v) is 3.41. The summed E-state index contributed by atoms with van der Waals surface area (Å²) in [4.78, 5) is 20.0. The molecule has 126 valence electrons. The largest absolute Gasteiger partial charge is 0.480 e. The summed E-state index contributed by atoms with van der Waals surface area (Å²) < 4.78 is 2.06. The van der Waals surface area contributed by atoms with Crippen molar-refractivity contribution in [3.05, 3.63) is 54.6 Å². The summed E-state index contributed by atoms with van der Waals surface area (Å²) in [7, 11) is 3.43. The molecule has 0 aliphatic heterocycles. The van der Waals surface area contributed by atoms with E-state index in [4.69, 9.17) is 5.11 Å². The molecular weight excluding hydrogens is 304 g/mol. The van der Waals surface area contributed by atoms with Gasteiger partial charge in [0.05, 0.1) is 18.3 Å². The standard InChI is InChI=1S/C14H13N3.C4H9NO2/c1-2-11-3-4-14(16-9-11)17-8-6-12-5-7-15-10-13(12)17;1-5(2)3-4(6)7/h3-10H,2H2,1H3;3H2,1-2H3,(H,6,7). The topological polar surface area (TPSA) is 71.2 Å². The van der Waals surface area contributed by atoms with Crippen LogP contribution in [0.4, 0.5) is 0 Å². The molecule has 6 heteroatoms. The predicted octanol–water partition coefficient (Wildman–Crippen LogP) is 2.62. The summed E-state index contributed by atoms with van der Waals surface area (Å²) in [6.45, 7) is 2.24. The van der Waals surface area contributed by atoms with Crippen molar-refractivity contribution in [3.8, 4) is 5.82 Å². The summed E-state index contributed by atoms with van der Waals surface area (Å²) in [5.41, 5.74) is 2.34. The Bertz CT molecular complexity index is 794. The predicted molar refractivity (Wildman–Crippen MR) is 94.4 cm³/mol. The number of carboxylic acids is 1. The third-order valence-electron chi connectivity index (χ3n) is 3.41. The molecule has 0 radical (unpaired) electrons. The number of pyridine rings is 2. The zero-order chi connectivity index (χ0) is 17.5. The van der Waals surface area contributed by atoms with Crippen molar-refractivity contribution in [2.45, 2.75) is 13.3 Å². The number of hydrogen-bond donors (Lipinski definition) is 1. The number of carboxylic acid groups (broad SMARTS) is 1. The summed E-state index contributed by atoms with van der Waals surface area (Å²) >= 11 is 0. The van der Waals surface area contributed by atoms with Gasteiger partial charge in [0, 0.05) is 24.0 Å². The monoisotopic (exact) mass is 326 g/mol. The van der Waals surface area contributed by atoms with Gasteiger partial charge in [-0.2, -0.15) is 0 Å². The molecule has 0 amide bonds. The van der Waals surface area contributed by atoms with E-state index < -0.39 is 5.97 Å². The molecule has 1 N–H and O–H groups in total. The fourth-order valence-corrected chi connectivity index (χ4v) is 2.21. The summed E-state index contributed by atoms with van der Waals surface area (Å²) in [5.74, 6) is 0.148. The molecule has 0 atom stereocenters. The van der Waals surface area contributed by atoms with Gasteiger partial charge in [0.2, 0.25) is 0 Å². The van der Waals surface area contributed by atoms with E-state index in [0.717, 1.165) is 17.8 Å². The number of fused-ring (bicyclic) bond motifs is 1. The maximum Gasteiger partial charge on any atom is 0.317 e. The Hall–Kier alpha value is -2.73. The molecule has 0 aliphatic rings. The first-order chi connectivity index (χ1) is 11.5. The lowest BCUT2D eigenvalue weighted by atomic mass is 10.2. The van der Waals surface area contributed by atoms with E-state index in [0.29, 0.717) is 0 Å². The second-order valence-corrected chi connectivity index (χ2v) is 5.63. The first-order valence-electron chi connectivity index (χ1n) is 7.74. The highest BCUT2D eigenvalue weighted by molar-refractivity contribution is 5.80. The Balaban J connectivity index is 0.000000256. The number of aromatic nitrogens is 3. The molecule has 0 bridgehead atoms. The molecule has 0 saturated carbocycles. The highest BCUT2D eigenvalue weighted by Crippen LogP contribution is 2.18. The molecule has 24 heavy (non-hydrogen) atoms. The molecule has 0 unspecified atom stereocenters. The molecule has 0 fully saturated rings. The SMILES string of the molecule is CCc1ccc(-n2ccc3ccncc32)nc1.CN(C)CC(=O)O. The zero-order valence-corrected chi connectivity index (χ0v) is 14.2. The van der Waals surface area contributed by atoms with Crippen LogP contribution in [-0.4, -0.2) is 51.2 Å². The average molecular weight is 326 g/mol. The van der Waals surface area contributed by atoms with Crippen molar-refractivity contribution in [2.24, 2.45) is 0 Å². The van der Waals surface area contributed by atoms with Crippen molar-refractivity contribution >= 4 is 16.9 Å². The average Bonchev–Trinajstić information content (AvgIpc) is 2.98. The number of carbonyl (C=O) groups is 1. The van der Waals surface area contributed by atoms with Crippen molar-refractivity contribution in [2.75, 3.05) is 20.6 Å². The molecule has 3 heterocycles. The molecular formula is C18H22N4O2. The molecule has 0 aliphatic carbocycles. The minimum Gasteiger partial charge on any atom is -0.480 e. The number of aryl methyl sites for hydroxylation is 1. The van der Waals surface area contributed by atoms with Gasteiger partial charge in [-0.25, -0.2) is 4.98 Å². The van der Waals surface area contributed by atoms with E-state index in [-0.39, 0.29) is 6.54 Å². The van der Waals surface area contributed by atoms with E-state index in [1.54, 1.807) is 25.2 Å². The van der Waals surface area contributed by atoms with Gasteiger partial charge in [0.25, 0.3) is 0 Å². The van der Waals surface area contributed by atoms with E-state index in [1.165, 1.54) is 10.9 Å². The number of likely N-dealkylation sites (N-methyl/N-ethyl adjacent to an activating group) is 1. The quantitative estimate of drug-likeness (QED) is 0.798. The van der Waals surface area contributed by atoms with Gasteiger partial charge >= 0.3 is 5.97 Å². The van der Waals surface area contributed by atoms with E-state index in [9.17, 15) is 4.79 Å². The van der Waals surface area contributed by atoms with Crippen LogP contribution in [0.3, 0.4) is 0 Å². The van der Waals surface area contributed by atoms with Crippen LogP contribution in [-0.2, 0) is 11.2 Å². The van der Waals surface area contributed by atoms with Crippen LogP contribution in [0.25, 0.3) is 16.7 Å². The Kier molecular flexibility index (Phi) is 6.03. The second kappa shape index (κ2) is 8.21. The van der Waals surface area contributed by atoms with Crippen LogP contribution in [0.1, 0.15) is 12.5 Å². The molecule has 3 aromatic rings. The fourth-order valence-electron chi connectivity index (χ4n) is 2.21. The number of aliphatic carboxylic acids is 1. The molecule has 6 nitrogen and oxygen atoms in total. The third kappa shape index (κ3) is 4.63. The van der Waals surface area contributed by atoms with Crippen LogP contribution in [0.2, 0.25) is 0 Å². The number of nitrogens with zero attached hydrogens (tertiary/aromatic N) is 4. The highest BCUT2D eigenvalue weighted by Gasteiger charge is 2.03. The van der Waals surface area contributed by atoms with E-state index in [2.05, 4.69) is 33.6 Å². The summed E-state index contributed by atoms with van der Waals surface area (Å²) in [6, 6.07) is 8.24. The van der Waals surface area contributed by atoms with Crippen LogP contribution in [0.15, 0.2) is 49.1 Å². The van der Waals surface area contributed by atoms with Crippen molar-refractivity contribution in [1.29, 1.82) is 0 Å². The van der Waals surface area contributed by atoms with E-state index in [1.807, 2.05) is 30.7 Å². The first-order valence-corrected chi connectivity index (χ1v) is 7.74. The molecule has 0 saturated heterocycles. The molecule has 0 spiro atoms.